The van der Waals surface area contributed by atoms with Gasteiger partial charge in [-0.3, -0.25) is 4.98 Å². The Balaban J connectivity index is 2.39. The van der Waals surface area contributed by atoms with Crippen LogP contribution in [0.4, 0.5) is 0 Å². The highest BCUT2D eigenvalue weighted by Gasteiger charge is 2.04. The summed E-state index contributed by atoms with van der Waals surface area (Å²) < 4.78 is 1.03. The van der Waals surface area contributed by atoms with Crippen LogP contribution in [-0.2, 0) is 0 Å². The Hall–Kier alpha value is -1.15. The third kappa shape index (κ3) is 2.33. The molecule has 0 aliphatic heterocycles. The molecule has 1 aromatic carbocycles. The molecule has 0 fully saturated rings. The molecule has 0 bridgehead atoms. The summed E-state index contributed by atoms with van der Waals surface area (Å²) in [5, 5.41) is 0. The minimum Gasteiger partial charge on any atom is -0.255 e. The molecule has 82 valence electrons. The second-order valence-electron chi connectivity index (χ2n) is 4.11. The van der Waals surface area contributed by atoms with Crippen molar-refractivity contribution in [2.75, 3.05) is 0 Å². The van der Waals surface area contributed by atoms with Gasteiger partial charge in [0.15, 0.2) is 0 Å². The molecule has 1 nitrogen and oxygen atoms in total. The van der Waals surface area contributed by atoms with Crippen molar-refractivity contribution in [2.24, 2.45) is 0 Å². The summed E-state index contributed by atoms with van der Waals surface area (Å²) in [5.74, 6) is 0.571. The third-order valence-electron chi connectivity index (χ3n) is 2.61. The second-order valence-corrected chi connectivity index (χ2v) is 4.96. The van der Waals surface area contributed by atoms with Crippen LogP contribution in [0.5, 0.6) is 0 Å². The fraction of sp³-hybridized carbons (Fsp3) is 0.214. The molecule has 0 aliphatic rings. The molecule has 1 aromatic heterocycles. The minimum absolute atomic E-state index is 0.571. The van der Waals surface area contributed by atoms with E-state index in [1.165, 1.54) is 5.56 Å². The average molecular weight is 276 g/mol. The van der Waals surface area contributed by atoms with E-state index in [4.69, 9.17) is 0 Å². The van der Waals surface area contributed by atoms with Crippen molar-refractivity contribution in [3.63, 3.8) is 0 Å². The molecule has 1 heterocycles. The van der Waals surface area contributed by atoms with Gasteiger partial charge in [-0.15, -0.1) is 0 Å². The maximum atomic E-state index is 4.38. The van der Waals surface area contributed by atoms with E-state index in [1.807, 2.05) is 18.3 Å². The maximum Gasteiger partial charge on any atom is 0.0843 e. The molecule has 0 atom stereocenters. The van der Waals surface area contributed by atoms with Crippen LogP contribution in [0.15, 0.2) is 47.1 Å². The van der Waals surface area contributed by atoms with Gasteiger partial charge in [-0.2, -0.15) is 0 Å². The Morgan fingerprint density at radius 2 is 1.75 bits per heavy atom. The van der Waals surface area contributed by atoms with Crippen LogP contribution < -0.4 is 0 Å². The first-order chi connectivity index (χ1) is 7.68. The Morgan fingerprint density at radius 3 is 2.31 bits per heavy atom. The van der Waals surface area contributed by atoms with E-state index in [2.05, 4.69) is 59.0 Å². The normalized spacial score (nSPS) is 10.8. The lowest BCUT2D eigenvalue weighted by molar-refractivity contribution is 0.867. The van der Waals surface area contributed by atoms with Gasteiger partial charge in [0, 0.05) is 16.2 Å². The molecule has 16 heavy (non-hydrogen) atoms. The van der Waals surface area contributed by atoms with Gasteiger partial charge in [0.1, 0.15) is 0 Å². The van der Waals surface area contributed by atoms with Gasteiger partial charge in [0.25, 0.3) is 0 Å². The molecule has 0 unspecified atom stereocenters. The Labute approximate surface area is 105 Å². The standard InChI is InChI=1S/C14H14BrN/c1-10(2)11-5-7-12(8-6-11)14-13(15)4-3-9-16-14/h3-10H,1-2H3. The Bertz CT molecular complexity index is 474. The predicted octanol–water partition coefficient (Wildman–Crippen LogP) is 4.63. The predicted molar refractivity (Wildman–Crippen MR) is 71.5 cm³/mol. The second kappa shape index (κ2) is 4.79. The number of aromatic nitrogens is 1. The molecule has 0 N–H and O–H groups in total. The Kier molecular flexibility index (Phi) is 3.39. The summed E-state index contributed by atoms with van der Waals surface area (Å²) in [4.78, 5) is 4.38. The smallest absolute Gasteiger partial charge is 0.0843 e. The van der Waals surface area contributed by atoms with Crippen molar-refractivity contribution < 1.29 is 0 Å². The van der Waals surface area contributed by atoms with Crippen LogP contribution in [0.2, 0.25) is 0 Å². The quantitative estimate of drug-likeness (QED) is 0.779. The molecule has 0 saturated heterocycles. The molecule has 0 radical (unpaired) electrons. The zero-order valence-corrected chi connectivity index (χ0v) is 11.0. The van der Waals surface area contributed by atoms with E-state index in [0.29, 0.717) is 5.92 Å². The first-order valence-corrected chi connectivity index (χ1v) is 6.18. The first kappa shape index (κ1) is 11.3. The highest BCUT2D eigenvalue weighted by atomic mass is 79.9. The summed E-state index contributed by atoms with van der Waals surface area (Å²) in [7, 11) is 0. The van der Waals surface area contributed by atoms with Crippen molar-refractivity contribution in [2.45, 2.75) is 19.8 Å². The van der Waals surface area contributed by atoms with E-state index < -0.39 is 0 Å². The minimum atomic E-state index is 0.571. The molecule has 0 saturated carbocycles. The molecule has 2 heteroatoms. The van der Waals surface area contributed by atoms with Crippen molar-refractivity contribution in [1.29, 1.82) is 0 Å². The molecule has 0 spiro atoms. The van der Waals surface area contributed by atoms with Crippen LogP contribution in [0.1, 0.15) is 25.3 Å². The SMILES string of the molecule is CC(C)c1ccc(-c2ncccc2Br)cc1. The Morgan fingerprint density at radius 1 is 1.06 bits per heavy atom. The molecular formula is C14H14BrN. The van der Waals surface area contributed by atoms with Gasteiger partial charge in [-0.25, -0.2) is 0 Å². The fourth-order valence-electron chi connectivity index (χ4n) is 1.62. The van der Waals surface area contributed by atoms with E-state index in [1.54, 1.807) is 0 Å². The average Bonchev–Trinajstić information content (AvgIpc) is 2.30. The zero-order valence-electron chi connectivity index (χ0n) is 9.44. The summed E-state index contributed by atoms with van der Waals surface area (Å²) in [6, 6.07) is 12.5. The number of hydrogen-bond donors (Lipinski definition) is 0. The van der Waals surface area contributed by atoms with Gasteiger partial charge < -0.3 is 0 Å². The van der Waals surface area contributed by atoms with E-state index in [0.717, 1.165) is 15.7 Å². The topological polar surface area (TPSA) is 12.9 Å². The highest BCUT2D eigenvalue weighted by Crippen LogP contribution is 2.26. The largest absolute Gasteiger partial charge is 0.255 e. The zero-order chi connectivity index (χ0) is 11.5. The van der Waals surface area contributed by atoms with Crippen LogP contribution in [0, 0.1) is 0 Å². The van der Waals surface area contributed by atoms with Crippen LogP contribution in [-0.4, -0.2) is 4.98 Å². The lowest BCUT2D eigenvalue weighted by atomic mass is 10.0. The molecule has 0 aliphatic carbocycles. The van der Waals surface area contributed by atoms with Crippen molar-refractivity contribution >= 4 is 15.9 Å². The van der Waals surface area contributed by atoms with Crippen LogP contribution in [0.3, 0.4) is 0 Å². The summed E-state index contributed by atoms with van der Waals surface area (Å²) in [5.41, 5.74) is 3.51. The van der Waals surface area contributed by atoms with E-state index >= 15 is 0 Å². The maximum absolute atomic E-state index is 4.38. The highest BCUT2D eigenvalue weighted by molar-refractivity contribution is 9.10. The van der Waals surface area contributed by atoms with Gasteiger partial charge in [0.05, 0.1) is 5.69 Å². The molecule has 2 aromatic rings. The fourth-order valence-corrected chi connectivity index (χ4v) is 2.11. The number of benzene rings is 1. The number of nitrogens with zero attached hydrogens (tertiary/aromatic N) is 1. The summed E-state index contributed by atoms with van der Waals surface area (Å²) in [6.45, 7) is 4.40. The number of pyridine rings is 1. The van der Waals surface area contributed by atoms with Gasteiger partial charge in [0.2, 0.25) is 0 Å². The van der Waals surface area contributed by atoms with Gasteiger partial charge in [-0.1, -0.05) is 38.1 Å². The molecular weight excluding hydrogens is 262 g/mol. The van der Waals surface area contributed by atoms with Crippen molar-refractivity contribution in [3.8, 4) is 11.3 Å². The van der Waals surface area contributed by atoms with Gasteiger partial charge in [-0.05, 0) is 39.5 Å². The van der Waals surface area contributed by atoms with E-state index in [9.17, 15) is 0 Å². The van der Waals surface area contributed by atoms with Crippen molar-refractivity contribution in [3.05, 3.63) is 52.6 Å². The number of rotatable bonds is 2. The summed E-state index contributed by atoms with van der Waals surface area (Å²) >= 11 is 3.52. The number of hydrogen-bond acceptors (Lipinski definition) is 1. The first-order valence-electron chi connectivity index (χ1n) is 5.39. The molecule has 0 amide bonds. The summed E-state index contributed by atoms with van der Waals surface area (Å²) in [6.07, 6.45) is 1.82. The third-order valence-corrected chi connectivity index (χ3v) is 3.25. The lowest BCUT2D eigenvalue weighted by Gasteiger charge is -2.07. The lowest BCUT2D eigenvalue weighted by Crippen LogP contribution is -1.88. The van der Waals surface area contributed by atoms with Crippen LogP contribution >= 0.6 is 15.9 Å². The van der Waals surface area contributed by atoms with Crippen LogP contribution in [0.25, 0.3) is 11.3 Å². The van der Waals surface area contributed by atoms with E-state index in [-0.39, 0.29) is 0 Å². The number of halogens is 1. The van der Waals surface area contributed by atoms with Crippen molar-refractivity contribution in [1.82, 2.24) is 4.98 Å². The molecule has 2 rings (SSSR count). The van der Waals surface area contributed by atoms with Gasteiger partial charge >= 0.3 is 0 Å². The monoisotopic (exact) mass is 275 g/mol.